The summed E-state index contributed by atoms with van der Waals surface area (Å²) in [6, 6.07) is 11.2. The van der Waals surface area contributed by atoms with Crippen molar-refractivity contribution in [1.29, 1.82) is 0 Å². The Hall–Kier alpha value is -1.54. The van der Waals surface area contributed by atoms with Crippen LogP contribution in [0.1, 0.15) is 47.8 Å². The first-order valence-corrected chi connectivity index (χ1v) is 11.2. The Bertz CT molecular complexity index is 915. The van der Waals surface area contributed by atoms with Gasteiger partial charge in [0.05, 0.1) is 27.4 Å². The van der Waals surface area contributed by atoms with Gasteiger partial charge in [0.25, 0.3) is 5.91 Å². The van der Waals surface area contributed by atoms with E-state index in [1.807, 2.05) is 12.1 Å². The minimum absolute atomic E-state index is 0.227. The molecule has 0 aliphatic carbocycles. The second-order valence-corrected chi connectivity index (χ2v) is 10.1. The van der Waals surface area contributed by atoms with E-state index in [0.717, 1.165) is 23.2 Å². The molecular weight excluding hydrogens is 440 g/mol. The monoisotopic (exact) mass is 462 g/mol. The Morgan fingerprint density at radius 1 is 1.29 bits per heavy atom. The summed E-state index contributed by atoms with van der Waals surface area (Å²) >= 11 is 4.67. The molecule has 2 atom stereocenters. The van der Waals surface area contributed by atoms with E-state index >= 15 is 0 Å². The van der Waals surface area contributed by atoms with E-state index in [1.165, 1.54) is 17.8 Å². The molecule has 2 unspecified atom stereocenters. The maximum atomic E-state index is 13.3. The van der Waals surface area contributed by atoms with Gasteiger partial charge >= 0.3 is 0 Å². The van der Waals surface area contributed by atoms with E-state index in [4.69, 9.17) is 0 Å². The predicted molar refractivity (Wildman–Crippen MR) is 114 cm³/mol. The van der Waals surface area contributed by atoms with Crippen LogP contribution in [0.3, 0.4) is 0 Å². The van der Waals surface area contributed by atoms with Crippen molar-refractivity contribution in [2.75, 3.05) is 18.1 Å². The fraction of sp³-hybridized carbons (Fsp3) is 0.429. The second-order valence-electron chi connectivity index (χ2n) is 7.61. The quantitative estimate of drug-likeness (QED) is 0.677. The fourth-order valence-corrected chi connectivity index (χ4v) is 5.47. The Balaban J connectivity index is 1.63. The Morgan fingerprint density at radius 2 is 2.07 bits per heavy atom. The van der Waals surface area contributed by atoms with Gasteiger partial charge in [0.1, 0.15) is 0 Å². The number of hydrogen-bond donors (Lipinski definition) is 1. The third-order valence-electron chi connectivity index (χ3n) is 5.77. The van der Waals surface area contributed by atoms with Crippen LogP contribution < -0.4 is 4.90 Å². The van der Waals surface area contributed by atoms with Gasteiger partial charge in [0, 0.05) is 18.2 Å². The van der Waals surface area contributed by atoms with Crippen molar-refractivity contribution >= 4 is 44.6 Å². The molecule has 148 valence electrons. The summed E-state index contributed by atoms with van der Waals surface area (Å²) in [7, 11) is 0. The highest BCUT2D eigenvalue weighted by atomic mass is 79.9. The van der Waals surface area contributed by atoms with E-state index in [9.17, 15) is 14.7 Å². The lowest BCUT2D eigenvalue weighted by molar-refractivity contribution is -0.136. The van der Waals surface area contributed by atoms with Crippen LogP contribution in [0.15, 0.2) is 40.2 Å². The first-order chi connectivity index (χ1) is 13.4. The summed E-state index contributed by atoms with van der Waals surface area (Å²) in [5.41, 5.74) is -0.593. The molecular formula is C21H23BrN2O3S. The summed E-state index contributed by atoms with van der Waals surface area (Å²) in [6.07, 6.45) is 3.18. The largest absolute Gasteiger partial charge is 0.375 e. The molecule has 5 nitrogen and oxygen atoms in total. The third kappa shape index (κ3) is 3.45. The number of anilines is 1. The first-order valence-electron chi connectivity index (χ1n) is 9.56. The Kier molecular flexibility index (Phi) is 5.44. The van der Waals surface area contributed by atoms with Gasteiger partial charge in [-0.25, -0.2) is 0 Å². The average Bonchev–Trinajstić information content (AvgIpc) is 3.20. The zero-order valence-corrected chi connectivity index (χ0v) is 18.1. The number of amides is 1. The number of carbonyl (C=O) groups excluding carboxylic acids is 2. The lowest BCUT2D eigenvalue weighted by Gasteiger charge is -2.36. The number of piperidine rings is 1. The number of ketones is 1. The van der Waals surface area contributed by atoms with E-state index in [-0.39, 0.29) is 12.2 Å². The first kappa shape index (κ1) is 19.8. The predicted octanol–water partition coefficient (Wildman–Crippen LogP) is 4.15. The molecule has 1 amide bonds. The number of likely N-dealkylation sites (tertiary alicyclic amines) is 1. The van der Waals surface area contributed by atoms with E-state index in [0.29, 0.717) is 28.8 Å². The molecule has 1 aromatic heterocycles. The van der Waals surface area contributed by atoms with Crippen molar-refractivity contribution in [1.82, 2.24) is 4.90 Å². The summed E-state index contributed by atoms with van der Waals surface area (Å²) < 4.78 is 0.849. The summed E-state index contributed by atoms with van der Waals surface area (Å²) in [6.45, 7) is 3.56. The number of Topliss-reactive ketones (excluding diaryl/α,β-unsaturated/α-hetero) is 1. The number of benzene rings is 1. The van der Waals surface area contributed by atoms with Gasteiger partial charge in [0.15, 0.2) is 11.4 Å². The standard InChI is InChI=1S/C21H23BrN2O3S/c1-14-6-4-5-11-23(14)13-24-16-8-3-2-7-15(16)21(27,20(24)26)12-17(25)18-9-10-19(22)28-18/h2-3,7-10,14,27H,4-6,11-13H2,1H3. The van der Waals surface area contributed by atoms with Crippen LogP contribution in [0.5, 0.6) is 0 Å². The lowest BCUT2D eigenvalue weighted by Crippen LogP contribution is -2.49. The topological polar surface area (TPSA) is 60.9 Å². The summed E-state index contributed by atoms with van der Waals surface area (Å²) in [4.78, 5) is 30.6. The smallest absolute Gasteiger partial charge is 0.265 e. The molecule has 1 saturated heterocycles. The SMILES string of the molecule is CC1CCCCN1CN1C(=O)C(O)(CC(=O)c2ccc(Br)s2)c2ccccc21. The molecule has 4 rings (SSSR count). The molecule has 3 heterocycles. The molecule has 1 aromatic carbocycles. The summed E-state index contributed by atoms with van der Waals surface area (Å²) in [5, 5.41) is 11.4. The molecule has 2 aromatic rings. The molecule has 7 heteroatoms. The molecule has 2 aliphatic rings. The van der Waals surface area contributed by atoms with Gasteiger partial charge in [-0.1, -0.05) is 24.6 Å². The summed E-state index contributed by atoms with van der Waals surface area (Å²) in [5.74, 6) is -0.634. The Morgan fingerprint density at radius 3 is 2.79 bits per heavy atom. The zero-order valence-electron chi connectivity index (χ0n) is 15.7. The van der Waals surface area contributed by atoms with Gasteiger partial charge < -0.3 is 5.11 Å². The molecule has 0 radical (unpaired) electrons. The number of halogens is 1. The number of carbonyl (C=O) groups is 2. The minimum atomic E-state index is -1.82. The average molecular weight is 463 g/mol. The van der Waals surface area contributed by atoms with Crippen LogP contribution >= 0.6 is 27.3 Å². The van der Waals surface area contributed by atoms with Crippen LogP contribution in [0.25, 0.3) is 0 Å². The van der Waals surface area contributed by atoms with Gasteiger partial charge in [-0.2, -0.15) is 0 Å². The van der Waals surface area contributed by atoms with Crippen molar-refractivity contribution in [2.45, 2.75) is 44.2 Å². The maximum absolute atomic E-state index is 13.3. The molecule has 0 spiro atoms. The van der Waals surface area contributed by atoms with Crippen LogP contribution in [0.2, 0.25) is 0 Å². The molecule has 0 saturated carbocycles. The van der Waals surface area contributed by atoms with Crippen LogP contribution in [0, 0.1) is 0 Å². The number of rotatable bonds is 5. The molecule has 0 bridgehead atoms. The fourth-order valence-electron chi connectivity index (χ4n) is 4.15. The van der Waals surface area contributed by atoms with Crippen LogP contribution in [-0.2, 0) is 10.4 Å². The van der Waals surface area contributed by atoms with E-state index < -0.39 is 11.5 Å². The number of thiophene rings is 1. The van der Waals surface area contributed by atoms with Crippen molar-refractivity contribution in [3.8, 4) is 0 Å². The van der Waals surface area contributed by atoms with E-state index in [1.54, 1.807) is 29.2 Å². The molecule has 28 heavy (non-hydrogen) atoms. The third-order valence-corrected chi connectivity index (χ3v) is 7.43. The van der Waals surface area contributed by atoms with Crippen LogP contribution in [-0.4, -0.2) is 41.0 Å². The Labute approximate surface area is 177 Å². The number of hydrogen-bond acceptors (Lipinski definition) is 5. The molecule has 2 aliphatic heterocycles. The maximum Gasteiger partial charge on any atom is 0.265 e. The van der Waals surface area contributed by atoms with Crippen molar-refractivity contribution in [3.63, 3.8) is 0 Å². The minimum Gasteiger partial charge on any atom is -0.375 e. The number of para-hydroxylation sites is 1. The van der Waals surface area contributed by atoms with Gasteiger partial charge in [-0.15, -0.1) is 11.3 Å². The van der Waals surface area contributed by atoms with E-state index in [2.05, 4.69) is 27.8 Å². The number of aliphatic hydroxyl groups is 1. The van der Waals surface area contributed by atoms with Crippen molar-refractivity contribution in [2.24, 2.45) is 0 Å². The normalized spacial score (nSPS) is 25.2. The lowest BCUT2D eigenvalue weighted by atomic mass is 9.89. The van der Waals surface area contributed by atoms with Crippen molar-refractivity contribution < 1.29 is 14.7 Å². The van der Waals surface area contributed by atoms with Gasteiger partial charge in [-0.05, 0) is 53.9 Å². The number of nitrogens with zero attached hydrogens (tertiary/aromatic N) is 2. The number of fused-ring (bicyclic) bond motifs is 1. The van der Waals surface area contributed by atoms with Gasteiger partial charge in [-0.3, -0.25) is 19.4 Å². The van der Waals surface area contributed by atoms with Crippen LogP contribution in [0.4, 0.5) is 5.69 Å². The molecule has 1 N–H and O–H groups in total. The molecule has 1 fully saturated rings. The highest BCUT2D eigenvalue weighted by molar-refractivity contribution is 9.11. The second kappa shape index (κ2) is 7.71. The highest BCUT2D eigenvalue weighted by Crippen LogP contribution is 2.43. The van der Waals surface area contributed by atoms with Crippen molar-refractivity contribution in [3.05, 3.63) is 50.6 Å². The highest BCUT2D eigenvalue weighted by Gasteiger charge is 2.51. The van der Waals surface area contributed by atoms with Gasteiger partial charge in [0.2, 0.25) is 0 Å². The zero-order chi connectivity index (χ0) is 19.9.